The first-order valence-electron chi connectivity index (χ1n) is 12.7. The fraction of sp³-hybridized carbons (Fsp3) is 0.233. The fourth-order valence-electron chi connectivity index (χ4n) is 4.74. The monoisotopic (exact) mass is 538 g/mol. The molecular formula is C30H30N6O2S. The minimum atomic E-state index is -0.608. The zero-order chi connectivity index (χ0) is 27.5. The van der Waals surface area contributed by atoms with E-state index in [0.717, 1.165) is 11.3 Å². The molecule has 0 spiro atoms. The van der Waals surface area contributed by atoms with Gasteiger partial charge in [-0.15, -0.1) is 5.10 Å². The third kappa shape index (κ3) is 5.93. The summed E-state index contributed by atoms with van der Waals surface area (Å²) in [5.74, 6) is 0.266. The first-order valence-corrected chi connectivity index (χ1v) is 13.7. The van der Waals surface area contributed by atoms with Crippen LogP contribution in [0.15, 0.2) is 82.9 Å². The number of carbonyl (C=O) groups excluding carboxylic acids is 2. The highest BCUT2D eigenvalue weighted by molar-refractivity contribution is 7.98. The summed E-state index contributed by atoms with van der Waals surface area (Å²) < 4.78 is 1.75. The van der Waals surface area contributed by atoms with Gasteiger partial charge >= 0.3 is 0 Å². The van der Waals surface area contributed by atoms with Crippen LogP contribution in [0.1, 0.15) is 42.1 Å². The Hall–Kier alpha value is -4.24. The molecule has 0 bridgehead atoms. The van der Waals surface area contributed by atoms with Gasteiger partial charge in [0.1, 0.15) is 5.92 Å². The van der Waals surface area contributed by atoms with Gasteiger partial charge in [0.05, 0.1) is 6.04 Å². The summed E-state index contributed by atoms with van der Waals surface area (Å²) in [7, 11) is 0. The zero-order valence-electron chi connectivity index (χ0n) is 22.3. The standard InChI is InChI=1S/C30H30N6O2S/c1-18-10-11-23(19(2)16-18)17-39-30-34-29-31-20(3)26(28(38)33-24-8-6-5-7-9-24)27(36(29)35-30)22-12-14-25(15-13-22)32-21(4)37/h5-16,26-27H,17H2,1-4H3,(H,32,37)(H,33,38). The second-order valence-corrected chi connectivity index (χ2v) is 10.6. The molecule has 0 aliphatic carbocycles. The second kappa shape index (κ2) is 11.2. The second-order valence-electron chi connectivity index (χ2n) is 9.69. The Labute approximate surface area is 232 Å². The number of aliphatic imine (C=N–C) groups is 1. The van der Waals surface area contributed by atoms with Gasteiger partial charge in [-0.05, 0) is 61.7 Å². The highest BCUT2D eigenvalue weighted by Crippen LogP contribution is 2.38. The molecule has 9 heteroatoms. The summed E-state index contributed by atoms with van der Waals surface area (Å²) in [6.07, 6.45) is 0. The highest BCUT2D eigenvalue weighted by Gasteiger charge is 2.39. The molecule has 8 nitrogen and oxygen atoms in total. The van der Waals surface area contributed by atoms with Crippen LogP contribution in [0, 0.1) is 19.8 Å². The molecule has 5 rings (SSSR count). The Bertz CT molecular complexity index is 1550. The maximum absolute atomic E-state index is 13.7. The van der Waals surface area contributed by atoms with Crippen molar-refractivity contribution in [3.63, 3.8) is 0 Å². The van der Waals surface area contributed by atoms with E-state index >= 15 is 0 Å². The molecule has 39 heavy (non-hydrogen) atoms. The Morgan fingerprint density at radius 3 is 2.33 bits per heavy atom. The summed E-state index contributed by atoms with van der Waals surface area (Å²) >= 11 is 1.55. The molecule has 4 aromatic rings. The first-order chi connectivity index (χ1) is 18.8. The number of nitrogens with one attached hydrogen (secondary N) is 2. The summed E-state index contributed by atoms with van der Waals surface area (Å²) in [6.45, 7) is 7.52. The Morgan fingerprint density at radius 1 is 0.923 bits per heavy atom. The van der Waals surface area contributed by atoms with Crippen LogP contribution in [0.4, 0.5) is 17.3 Å². The lowest BCUT2D eigenvalue weighted by atomic mass is 9.87. The molecule has 1 aromatic heterocycles. The molecule has 2 unspecified atom stereocenters. The highest BCUT2D eigenvalue weighted by atomic mass is 32.2. The predicted molar refractivity (Wildman–Crippen MR) is 156 cm³/mol. The zero-order valence-corrected chi connectivity index (χ0v) is 23.1. The van der Waals surface area contributed by atoms with Crippen molar-refractivity contribution in [3.8, 4) is 0 Å². The third-order valence-electron chi connectivity index (χ3n) is 6.65. The summed E-state index contributed by atoms with van der Waals surface area (Å²) in [5.41, 5.74) is 6.60. The molecular weight excluding hydrogens is 508 g/mol. The number of fused-ring (bicyclic) bond motifs is 1. The van der Waals surface area contributed by atoms with Gasteiger partial charge in [0.2, 0.25) is 22.9 Å². The molecule has 2 amide bonds. The lowest BCUT2D eigenvalue weighted by molar-refractivity contribution is -0.119. The normalized spacial score (nSPS) is 16.3. The van der Waals surface area contributed by atoms with Crippen LogP contribution in [0.2, 0.25) is 0 Å². The number of benzene rings is 3. The SMILES string of the molecule is CC(=O)Nc1ccc(C2C(C(=O)Nc3ccccc3)C(C)=Nc3nc(SCc4ccc(C)cc4C)nn32)cc1. The van der Waals surface area contributed by atoms with Gasteiger partial charge in [0.25, 0.3) is 0 Å². The van der Waals surface area contributed by atoms with Crippen LogP contribution in [0.5, 0.6) is 0 Å². The molecule has 3 aromatic carbocycles. The number of thioether (sulfide) groups is 1. The molecule has 0 radical (unpaired) electrons. The average Bonchev–Trinajstić information content (AvgIpc) is 3.30. The molecule has 0 saturated carbocycles. The third-order valence-corrected chi connectivity index (χ3v) is 7.54. The van der Waals surface area contributed by atoms with E-state index in [1.165, 1.54) is 23.6 Å². The smallest absolute Gasteiger partial charge is 0.249 e. The van der Waals surface area contributed by atoms with Crippen LogP contribution in [-0.4, -0.2) is 32.3 Å². The van der Waals surface area contributed by atoms with Crippen LogP contribution < -0.4 is 10.6 Å². The number of para-hydroxylation sites is 1. The van der Waals surface area contributed by atoms with Crippen molar-refractivity contribution in [2.24, 2.45) is 10.9 Å². The van der Waals surface area contributed by atoms with Gasteiger partial charge in [-0.25, -0.2) is 9.67 Å². The maximum Gasteiger partial charge on any atom is 0.249 e. The minimum absolute atomic E-state index is 0.146. The summed E-state index contributed by atoms with van der Waals surface area (Å²) in [6, 6.07) is 22.8. The number of hydrogen-bond donors (Lipinski definition) is 2. The van der Waals surface area contributed by atoms with Gasteiger partial charge in [0.15, 0.2) is 0 Å². The van der Waals surface area contributed by atoms with Crippen molar-refractivity contribution in [1.29, 1.82) is 0 Å². The molecule has 0 saturated heterocycles. The Balaban J connectivity index is 1.48. The van der Waals surface area contributed by atoms with E-state index in [4.69, 9.17) is 15.1 Å². The van der Waals surface area contributed by atoms with E-state index in [0.29, 0.717) is 28.2 Å². The molecule has 1 aliphatic rings. The van der Waals surface area contributed by atoms with E-state index in [-0.39, 0.29) is 11.8 Å². The topological polar surface area (TPSA) is 101 Å². The van der Waals surface area contributed by atoms with Gasteiger partial charge in [0, 0.05) is 29.8 Å². The van der Waals surface area contributed by atoms with Gasteiger partial charge < -0.3 is 10.6 Å². The van der Waals surface area contributed by atoms with Crippen molar-refractivity contribution in [3.05, 3.63) is 95.1 Å². The fourth-order valence-corrected chi connectivity index (χ4v) is 5.64. The Kier molecular flexibility index (Phi) is 7.60. The molecule has 2 heterocycles. The van der Waals surface area contributed by atoms with Crippen molar-refractivity contribution in [2.45, 2.75) is 44.6 Å². The van der Waals surface area contributed by atoms with Crippen molar-refractivity contribution in [2.75, 3.05) is 10.6 Å². The number of anilines is 2. The number of hydrogen-bond acceptors (Lipinski definition) is 6. The molecule has 2 atom stereocenters. The van der Waals surface area contributed by atoms with E-state index in [9.17, 15) is 9.59 Å². The van der Waals surface area contributed by atoms with Gasteiger partial charge in [-0.1, -0.05) is 65.9 Å². The van der Waals surface area contributed by atoms with Gasteiger partial charge in [-0.2, -0.15) is 4.98 Å². The maximum atomic E-state index is 13.7. The van der Waals surface area contributed by atoms with Gasteiger partial charge in [-0.3, -0.25) is 9.59 Å². The first kappa shape index (κ1) is 26.4. The number of carbonyl (C=O) groups is 2. The minimum Gasteiger partial charge on any atom is -0.326 e. The molecule has 198 valence electrons. The van der Waals surface area contributed by atoms with Crippen molar-refractivity contribution >= 4 is 46.6 Å². The predicted octanol–water partition coefficient (Wildman–Crippen LogP) is 6.10. The van der Waals surface area contributed by atoms with E-state index < -0.39 is 12.0 Å². The lowest BCUT2D eigenvalue weighted by Gasteiger charge is -2.30. The van der Waals surface area contributed by atoms with Crippen LogP contribution in [0.3, 0.4) is 0 Å². The number of amides is 2. The largest absolute Gasteiger partial charge is 0.326 e. The lowest BCUT2D eigenvalue weighted by Crippen LogP contribution is -2.39. The van der Waals surface area contributed by atoms with Crippen LogP contribution in [0.25, 0.3) is 0 Å². The number of aryl methyl sites for hydroxylation is 2. The molecule has 1 aliphatic heterocycles. The number of aromatic nitrogens is 3. The number of rotatable bonds is 7. The van der Waals surface area contributed by atoms with Crippen LogP contribution >= 0.6 is 11.8 Å². The summed E-state index contributed by atoms with van der Waals surface area (Å²) in [5, 5.41) is 11.3. The summed E-state index contributed by atoms with van der Waals surface area (Å²) in [4.78, 5) is 34.6. The van der Waals surface area contributed by atoms with Crippen LogP contribution in [-0.2, 0) is 15.3 Å². The van der Waals surface area contributed by atoms with Crippen molar-refractivity contribution < 1.29 is 9.59 Å². The Morgan fingerprint density at radius 2 is 1.64 bits per heavy atom. The van der Waals surface area contributed by atoms with Crippen molar-refractivity contribution in [1.82, 2.24) is 14.8 Å². The number of nitrogens with zero attached hydrogens (tertiary/aromatic N) is 4. The average molecular weight is 539 g/mol. The molecule has 2 N–H and O–H groups in total. The molecule has 0 fully saturated rings. The van der Waals surface area contributed by atoms with E-state index in [1.807, 2.05) is 61.5 Å². The van der Waals surface area contributed by atoms with E-state index in [1.54, 1.807) is 16.4 Å². The quantitative estimate of drug-likeness (QED) is 0.277. The van der Waals surface area contributed by atoms with E-state index in [2.05, 4.69) is 42.7 Å².